The van der Waals surface area contributed by atoms with Gasteiger partial charge in [0.15, 0.2) is 5.13 Å². The van der Waals surface area contributed by atoms with E-state index in [-0.39, 0.29) is 24.2 Å². The van der Waals surface area contributed by atoms with Gasteiger partial charge in [0, 0.05) is 16.8 Å². The molecule has 0 radical (unpaired) electrons. The molecule has 0 aliphatic rings. The summed E-state index contributed by atoms with van der Waals surface area (Å²) in [5.41, 5.74) is 3.70. The van der Waals surface area contributed by atoms with Crippen molar-refractivity contribution in [2.45, 2.75) is 33.2 Å². The Morgan fingerprint density at radius 3 is 2.68 bits per heavy atom. The normalized spacial score (nSPS) is 12.2. The number of carbonyl (C=O) groups is 1. The van der Waals surface area contributed by atoms with E-state index in [1.165, 1.54) is 23.5 Å². The van der Waals surface area contributed by atoms with Crippen LogP contribution in [0.5, 0.6) is 0 Å². The molecule has 1 atom stereocenters. The summed E-state index contributed by atoms with van der Waals surface area (Å²) >= 11 is 1.52. The minimum absolute atomic E-state index is 0.130. The van der Waals surface area contributed by atoms with Crippen LogP contribution in [-0.2, 0) is 11.2 Å². The Morgan fingerprint density at radius 2 is 2.00 bits per heavy atom. The highest BCUT2D eigenvalue weighted by Crippen LogP contribution is 2.21. The number of halogens is 1. The molecule has 2 heterocycles. The average molecular weight is 357 g/mol. The van der Waals surface area contributed by atoms with Crippen molar-refractivity contribution in [3.05, 3.63) is 70.2 Å². The number of rotatable bonds is 5. The summed E-state index contributed by atoms with van der Waals surface area (Å²) in [6.07, 6.45) is 0.204. The maximum Gasteiger partial charge on any atom is 0.226 e. The van der Waals surface area contributed by atoms with Gasteiger partial charge in [-0.05, 0) is 50.6 Å². The van der Waals surface area contributed by atoms with Crippen LogP contribution in [0.2, 0.25) is 0 Å². The average Bonchev–Trinajstić information content (AvgIpc) is 3.13. The first-order valence-electron chi connectivity index (χ1n) is 8.08. The van der Waals surface area contributed by atoms with E-state index in [2.05, 4.69) is 14.9 Å². The van der Waals surface area contributed by atoms with Crippen LogP contribution in [0.4, 0.5) is 4.39 Å². The van der Waals surface area contributed by atoms with E-state index in [0.717, 1.165) is 27.8 Å². The number of hydrogen-bond acceptors (Lipinski definition) is 3. The zero-order chi connectivity index (χ0) is 18.0. The third-order valence-corrected chi connectivity index (χ3v) is 4.94. The molecule has 3 rings (SSSR count). The molecule has 1 N–H and O–H groups in total. The summed E-state index contributed by atoms with van der Waals surface area (Å²) in [5, 5.41) is 5.66. The summed E-state index contributed by atoms with van der Waals surface area (Å²) in [4.78, 5) is 16.8. The Morgan fingerprint density at radius 1 is 1.28 bits per heavy atom. The largest absolute Gasteiger partial charge is 0.349 e. The maximum atomic E-state index is 13.3. The van der Waals surface area contributed by atoms with Crippen LogP contribution in [0.15, 0.2) is 41.8 Å². The summed E-state index contributed by atoms with van der Waals surface area (Å²) in [5.74, 6) is -0.435. The van der Waals surface area contributed by atoms with Crippen LogP contribution in [0.1, 0.15) is 35.6 Å². The third kappa shape index (κ3) is 3.96. The van der Waals surface area contributed by atoms with Gasteiger partial charge in [0.25, 0.3) is 0 Å². The monoisotopic (exact) mass is 357 g/mol. The highest BCUT2D eigenvalue weighted by atomic mass is 32.1. The van der Waals surface area contributed by atoms with Gasteiger partial charge in [0.1, 0.15) is 5.82 Å². The fourth-order valence-corrected chi connectivity index (χ4v) is 3.71. The zero-order valence-corrected chi connectivity index (χ0v) is 15.2. The van der Waals surface area contributed by atoms with Gasteiger partial charge in [-0.3, -0.25) is 9.36 Å². The predicted molar refractivity (Wildman–Crippen MR) is 97.6 cm³/mol. The molecule has 0 saturated heterocycles. The molecule has 0 aliphatic carbocycles. The number of hydrogen-bond donors (Lipinski definition) is 1. The Bertz CT molecular complexity index is 880. The molecule has 0 fully saturated rings. The van der Waals surface area contributed by atoms with E-state index >= 15 is 0 Å². The van der Waals surface area contributed by atoms with Gasteiger partial charge < -0.3 is 5.32 Å². The fourth-order valence-electron chi connectivity index (χ4n) is 2.77. The van der Waals surface area contributed by atoms with E-state index in [9.17, 15) is 9.18 Å². The Hall–Kier alpha value is -2.47. The van der Waals surface area contributed by atoms with Crippen LogP contribution >= 0.6 is 11.3 Å². The molecule has 0 aliphatic heterocycles. The Kier molecular flexibility index (Phi) is 4.99. The minimum Gasteiger partial charge on any atom is -0.349 e. The Balaban J connectivity index is 1.66. The van der Waals surface area contributed by atoms with E-state index in [1.807, 2.05) is 38.3 Å². The first-order chi connectivity index (χ1) is 11.9. The van der Waals surface area contributed by atoms with Crippen molar-refractivity contribution in [2.24, 2.45) is 0 Å². The Labute approximate surface area is 150 Å². The zero-order valence-electron chi connectivity index (χ0n) is 14.4. The molecular weight excluding hydrogens is 337 g/mol. The number of amides is 1. The van der Waals surface area contributed by atoms with Crippen LogP contribution < -0.4 is 5.32 Å². The van der Waals surface area contributed by atoms with Gasteiger partial charge in [-0.15, -0.1) is 11.3 Å². The quantitative estimate of drug-likeness (QED) is 0.747. The first-order valence-corrected chi connectivity index (χ1v) is 8.96. The summed E-state index contributed by atoms with van der Waals surface area (Å²) in [6, 6.07) is 10.1. The van der Waals surface area contributed by atoms with E-state index < -0.39 is 0 Å². The van der Waals surface area contributed by atoms with Gasteiger partial charge in [0.05, 0.1) is 18.2 Å². The highest BCUT2D eigenvalue weighted by molar-refractivity contribution is 7.12. The molecule has 4 nitrogen and oxygen atoms in total. The molecule has 25 heavy (non-hydrogen) atoms. The highest BCUT2D eigenvalue weighted by Gasteiger charge is 2.14. The molecule has 0 bridgehead atoms. The third-order valence-electron chi connectivity index (χ3n) is 4.07. The molecule has 1 unspecified atom stereocenters. The number of benzene rings is 1. The molecular formula is C19H20FN3OS. The van der Waals surface area contributed by atoms with Gasteiger partial charge in [-0.1, -0.05) is 12.1 Å². The number of thiazole rings is 1. The second kappa shape index (κ2) is 7.19. The molecule has 130 valence electrons. The molecule has 0 saturated carbocycles. The maximum absolute atomic E-state index is 13.3. The second-order valence-corrected chi connectivity index (χ2v) is 6.93. The lowest BCUT2D eigenvalue weighted by atomic mass is 10.1. The summed E-state index contributed by atoms with van der Waals surface area (Å²) < 4.78 is 15.4. The van der Waals surface area contributed by atoms with Crippen LogP contribution in [0.25, 0.3) is 5.13 Å². The molecule has 0 spiro atoms. The van der Waals surface area contributed by atoms with Crippen molar-refractivity contribution in [3.63, 3.8) is 0 Å². The lowest BCUT2D eigenvalue weighted by Crippen LogP contribution is -2.28. The van der Waals surface area contributed by atoms with Gasteiger partial charge in [-0.25, -0.2) is 9.37 Å². The van der Waals surface area contributed by atoms with Crippen LogP contribution in [-0.4, -0.2) is 15.5 Å². The smallest absolute Gasteiger partial charge is 0.226 e. The van der Waals surface area contributed by atoms with E-state index in [1.54, 1.807) is 12.1 Å². The summed E-state index contributed by atoms with van der Waals surface area (Å²) in [7, 11) is 0. The lowest BCUT2D eigenvalue weighted by molar-refractivity contribution is -0.121. The second-order valence-electron chi connectivity index (χ2n) is 6.09. The minimum atomic E-state index is -0.305. The van der Waals surface area contributed by atoms with Crippen molar-refractivity contribution >= 4 is 17.2 Å². The predicted octanol–water partition coefficient (Wildman–Crippen LogP) is 4.11. The van der Waals surface area contributed by atoms with Crippen LogP contribution in [0.3, 0.4) is 0 Å². The molecule has 1 amide bonds. The standard InChI is InChI=1S/C19H20FN3OS/c1-12-7-8-13(2)23(12)19-22-17(11-25-19)10-18(24)21-14(3)15-5-4-6-16(20)9-15/h4-9,11,14H,10H2,1-3H3,(H,21,24). The number of aromatic nitrogens is 2. The molecule has 3 aromatic rings. The number of nitrogens with zero attached hydrogens (tertiary/aromatic N) is 2. The SMILES string of the molecule is Cc1ccc(C)n1-c1nc(CC(=O)NC(C)c2cccc(F)c2)cs1. The van der Waals surface area contributed by atoms with Gasteiger partial charge >= 0.3 is 0 Å². The van der Waals surface area contributed by atoms with E-state index in [0.29, 0.717) is 0 Å². The van der Waals surface area contributed by atoms with Crippen molar-refractivity contribution < 1.29 is 9.18 Å². The van der Waals surface area contributed by atoms with Crippen molar-refractivity contribution in [3.8, 4) is 5.13 Å². The molecule has 1 aromatic carbocycles. The van der Waals surface area contributed by atoms with Gasteiger partial charge in [-0.2, -0.15) is 0 Å². The van der Waals surface area contributed by atoms with Crippen LogP contribution in [0, 0.1) is 19.7 Å². The van der Waals surface area contributed by atoms with Gasteiger partial charge in [0.2, 0.25) is 5.91 Å². The van der Waals surface area contributed by atoms with Crippen molar-refractivity contribution in [1.82, 2.24) is 14.9 Å². The topological polar surface area (TPSA) is 46.9 Å². The van der Waals surface area contributed by atoms with Crippen molar-refractivity contribution in [1.29, 1.82) is 0 Å². The van der Waals surface area contributed by atoms with Crippen molar-refractivity contribution in [2.75, 3.05) is 0 Å². The number of carbonyl (C=O) groups excluding carboxylic acids is 1. The number of aryl methyl sites for hydroxylation is 2. The summed E-state index contributed by atoms with van der Waals surface area (Å²) in [6.45, 7) is 5.90. The lowest BCUT2D eigenvalue weighted by Gasteiger charge is -2.14. The first kappa shape index (κ1) is 17.4. The van der Waals surface area contributed by atoms with E-state index in [4.69, 9.17) is 0 Å². The fraction of sp³-hybridized carbons (Fsp3) is 0.263. The molecule has 2 aromatic heterocycles. The molecule has 6 heteroatoms. The number of nitrogens with one attached hydrogen (secondary N) is 1.